The highest BCUT2D eigenvalue weighted by Crippen LogP contribution is 2.25. The van der Waals surface area contributed by atoms with E-state index in [9.17, 15) is 17.6 Å². The number of aromatic carboxylic acids is 1. The maximum Gasteiger partial charge on any atom is 0.340 e. The number of hydrogen-bond donors (Lipinski definition) is 2. The largest absolute Gasteiger partial charge is 0.497 e. The molecule has 27 heavy (non-hydrogen) atoms. The van der Waals surface area contributed by atoms with Crippen LogP contribution < -0.4 is 14.2 Å². The van der Waals surface area contributed by atoms with Gasteiger partial charge in [-0.1, -0.05) is 11.6 Å². The number of methoxy groups -OCH3 is 1. The van der Waals surface area contributed by atoms with Crippen molar-refractivity contribution in [1.82, 2.24) is 4.72 Å². The number of sulfonamides is 1. The Morgan fingerprint density at radius 3 is 2.41 bits per heavy atom. The van der Waals surface area contributed by atoms with Crippen molar-refractivity contribution in [2.45, 2.75) is 11.3 Å². The molecule has 7 nitrogen and oxygen atoms in total. The van der Waals surface area contributed by atoms with Crippen LogP contribution in [0.4, 0.5) is 4.39 Å². The van der Waals surface area contributed by atoms with Gasteiger partial charge in [-0.25, -0.2) is 22.3 Å². The van der Waals surface area contributed by atoms with Crippen LogP contribution in [0.25, 0.3) is 0 Å². The molecule has 0 amide bonds. The average molecular weight is 418 g/mol. The molecule has 0 aliphatic heterocycles. The van der Waals surface area contributed by atoms with E-state index in [0.717, 1.165) is 12.1 Å². The molecule has 2 rings (SSSR count). The number of carbonyl (C=O) groups is 1. The summed E-state index contributed by atoms with van der Waals surface area (Å²) in [5.74, 6) is -1.78. The van der Waals surface area contributed by atoms with Crippen molar-refractivity contribution in [2.24, 2.45) is 0 Å². The molecular weight excluding hydrogens is 401 g/mol. The second-order valence-electron chi connectivity index (χ2n) is 5.31. The van der Waals surface area contributed by atoms with Gasteiger partial charge in [0, 0.05) is 6.54 Å². The van der Waals surface area contributed by atoms with E-state index in [2.05, 4.69) is 4.72 Å². The number of nitrogens with one attached hydrogen (secondary N) is 1. The first kappa shape index (κ1) is 20.9. The lowest BCUT2D eigenvalue weighted by Crippen LogP contribution is -2.27. The maximum absolute atomic E-state index is 14.2. The van der Waals surface area contributed by atoms with E-state index < -0.39 is 32.3 Å². The molecule has 0 bridgehead atoms. The molecule has 0 aromatic heterocycles. The van der Waals surface area contributed by atoms with Gasteiger partial charge in [0.25, 0.3) is 0 Å². The second kappa shape index (κ2) is 9.03. The number of carboxylic acid groups (broad SMARTS) is 1. The third-order valence-electron chi connectivity index (χ3n) is 3.50. The summed E-state index contributed by atoms with van der Waals surface area (Å²) in [6.07, 6.45) is 0.312. The number of benzene rings is 2. The van der Waals surface area contributed by atoms with Crippen LogP contribution in [0.2, 0.25) is 5.02 Å². The summed E-state index contributed by atoms with van der Waals surface area (Å²) in [6.45, 7) is 0.196. The summed E-state index contributed by atoms with van der Waals surface area (Å²) >= 11 is 5.61. The summed E-state index contributed by atoms with van der Waals surface area (Å²) in [5.41, 5.74) is -0.887. The average Bonchev–Trinajstić information content (AvgIpc) is 2.61. The molecule has 10 heteroatoms. The van der Waals surface area contributed by atoms with Crippen LogP contribution in [0.1, 0.15) is 16.8 Å². The van der Waals surface area contributed by atoms with Crippen LogP contribution in [-0.2, 0) is 10.0 Å². The molecule has 146 valence electrons. The normalized spacial score (nSPS) is 11.2. The van der Waals surface area contributed by atoms with Crippen LogP contribution >= 0.6 is 11.6 Å². The zero-order valence-corrected chi connectivity index (χ0v) is 15.8. The van der Waals surface area contributed by atoms with E-state index in [1.54, 1.807) is 31.4 Å². The first-order valence-electron chi connectivity index (χ1n) is 7.74. The van der Waals surface area contributed by atoms with Gasteiger partial charge in [-0.2, -0.15) is 0 Å². The highest BCUT2D eigenvalue weighted by atomic mass is 35.5. The van der Waals surface area contributed by atoms with E-state index in [0.29, 0.717) is 17.9 Å². The lowest BCUT2D eigenvalue weighted by atomic mass is 10.2. The summed E-state index contributed by atoms with van der Waals surface area (Å²) in [4.78, 5) is 10.3. The fourth-order valence-electron chi connectivity index (χ4n) is 2.16. The van der Waals surface area contributed by atoms with Gasteiger partial charge in [0.05, 0.1) is 18.7 Å². The number of carboxylic acids is 1. The predicted octanol–water partition coefficient (Wildman–Crippen LogP) is 2.93. The van der Waals surface area contributed by atoms with Gasteiger partial charge < -0.3 is 14.6 Å². The monoisotopic (exact) mass is 417 g/mol. The third-order valence-corrected chi connectivity index (χ3v) is 5.29. The van der Waals surface area contributed by atoms with Gasteiger partial charge in [-0.05, 0) is 42.8 Å². The number of ether oxygens (including phenoxy) is 2. The van der Waals surface area contributed by atoms with Crippen molar-refractivity contribution < 1.29 is 32.2 Å². The Labute approximate surface area is 160 Å². The minimum absolute atomic E-state index is 0.0248. The molecular formula is C17H17ClFNO6S. The Kier molecular flexibility index (Phi) is 7.00. The highest BCUT2D eigenvalue weighted by Gasteiger charge is 2.25. The Balaban J connectivity index is 1.93. The first-order valence-corrected chi connectivity index (χ1v) is 9.60. The zero-order valence-electron chi connectivity index (χ0n) is 14.2. The highest BCUT2D eigenvalue weighted by molar-refractivity contribution is 7.89. The molecule has 2 aromatic rings. The second-order valence-corrected chi connectivity index (χ2v) is 7.46. The predicted molar refractivity (Wildman–Crippen MR) is 96.7 cm³/mol. The van der Waals surface area contributed by atoms with Crippen molar-refractivity contribution in [3.8, 4) is 11.5 Å². The molecule has 0 aliphatic carbocycles. The van der Waals surface area contributed by atoms with Gasteiger partial charge in [0.15, 0.2) is 5.82 Å². The minimum atomic E-state index is -4.24. The summed E-state index contributed by atoms with van der Waals surface area (Å²) in [7, 11) is -2.69. The van der Waals surface area contributed by atoms with Gasteiger partial charge >= 0.3 is 5.97 Å². The van der Waals surface area contributed by atoms with E-state index in [1.165, 1.54) is 0 Å². The summed E-state index contributed by atoms with van der Waals surface area (Å²) in [5, 5.41) is 8.58. The zero-order chi connectivity index (χ0) is 20.0. The van der Waals surface area contributed by atoms with Gasteiger partial charge in [0.1, 0.15) is 22.0 Å². The molecule has 0 saturated carbocycles. The molecule has 0 unspecified atom stereocenters. The topological polar surface area (TPSA) is 102 Å². The Bertz CT molecular complexity index is 918. The molecule has 0 aliphatic rings. The molecule has 0 spiro atoms. The van der Waals surface area contributed by atoms with Crippen molar-refractivity contribution in [3.63, 3.8) is 0 Å². The van der Waals surface area contributed by atoms with E-state index in [-0.39, 0.29) is 18.2 Å². The molecule has 0 heterocycles. The lowest BCUT2D eigenvalue weighted by Gasteiger charge is -2.10. The van der Waals surface area contributed by atoms with Gasteiger partial charge in [-0.3, -0.25) is 0 Å². The van der Waals surface area contributed by atoms with E-state index in [1.807, 2.05) is 0 Å². The molecule has 0 saturated heterocycles. The third kappa shape index (κ3) is 5.31. The number of rotatable bonds is 9. The standard InChI is InChI=1S/C17H17ClFNO6S/c1-25-11-3-5-12(6-4-11)26-10-2-9-20-27(23,24)14-8-7-13(18)15(16(14)19)17(21)22/h3-8,20H,2,9-10H2,1H3,(H,21,22). The molecule has 0 fully saturated rings. The molecule has 0 radical (unpaired) electrons. The van der Waals surface area contributed by atoms with Crippen molar-refractivity contribution in [2.75, 3.05) is 20.3 Å². The maximum atomic E-state index is 14.2. The van der Waals surface area contributed by atoms with Crippen molar-refractivity contribution in [1.29, 1.82) is 0 Å². The summed E-state index contributed by atoms with van der Waals surface area (Å²) in [6, 6.07) is 8.80. The molecule has 0 atom stereocenters. The van der Waals surface area contributed by atoms with Crippen LogP contribution in [-0.4, -0.2) is 39.8 Å². The minimum Gasteiger partial charge on any atom is -0.497 e. The fourth-order valence-corrected chi connectivity index (χ4v) is 3.54. The Morgan fingerprint density at radius 2 is 1.81 bits per heavy atom. The van der Waals surface area contributed by atoms with Crippen LogP contribution in [0, 0.1) is 5.82 Å². The number of halogens is 2. The van der Waals surface area contributed by atoms with Crippen molar-refractivity contribution >= 4 is 27.6 Å². The van der Waals surface area contributed by atoms with E-state index >= 15 is 0 Å². The number of hydrogen-bond acceptors (Lipinski definition) is 5. The molecule has 2 aromatic carbocycles. The van der Waals surface area contributed by atoms with Crippen LogP contribution in [0.15, 0.2) is 41.3 Å². The Hall–Kier alpha value is -2.36. The SMILES string of the molecule is COc1ccc(OCCCNS(=O)(=O)c2ccc(Cl)c(C(=O)O)c2F)cc1. The van der Waals surface area contributed by atoms with Crippen molar-refractivity contribution in [3.05, 3.63) is 52.8 Å². The van der Waals surface area contributed by atoms with E-state index in [4.69, 9.17) is 26.2 Å². The first-order chi connectivity index (χ1) is 12.8. The van der Waals surface area contributed by atoms with Gasteiger partial charge in [-0.15, -0.1) is 0 Å². The fraction of sp³-hybridized carbons (Fsp3) is 0.235. The quantitative estimate of drug-likeness (QED) is 0.608. The smallest absolute Gasteiger partial charge is 0.340 e. The molecule has 2 N–H and O–H groups in total. The Morgan fingerprint density at radius 1 is 1.19 bits per heavy atom. The van der Waals surface area contributed by atoms with Gasteiger partial charge in [0.2, 0.25) is 10.0 Å². The lowest BCUT2D eigenvalue weighted by molar-refractivity contribution is 0.0691. The summed E-state index contributed by atoms with van der Waals surface area (Å²) < 4.78 is 51.3. The van der Waals surface area contributed by atoms with Crippen LogP contribution in [0.5, 0.6) is 11.5 Å². The van der Waals surface area contributed by atoms with Crippen LogP contribution in [0.3, 0.4) is 0 Å².